The average molecular weight is 624 g/mol. The lowest BCUT2D eigenvalue weighted by molar-refractivity contribution is -0.136. The van der Waals surface area contributed by atoms with Crippen LogP contribution in [0, 0.1) is 0 Å². The van der Waals surface area contributed by atoms with Crippen LogP contribution in [0.25, 0.3) is 0 Å². The zero-order valence-corrected chi connectivity index (χ0v) is 23.1. The standard InChI is InChI=1S/C25H21BrCl2N4O6/c1-36-19-5-3-17(4-6-19)31-24(34)25(35)32-29-12-14-7-20(26)23(21(8-14)37-2)38-13-22(33)30-18-10-15(27)9-16(28)11-18/h3-12H,13H2,1-2H3,(H,30,33)(H,31,34)(H,32,35)/b29-12-. The molecule has 0 spiro atoms. The monoisotopic (exact) mass is 622 g/mol. The molecule has 0 bridgehead atoms. The summed E-state index contributed by atoms with van der Waals surface area (Å²) in [7, 11) is 2.95. The van der Waals surface area contributed by atoms with Gasteiger partial charge in [0.15, 0.2) is 18.1 Å². The van der Waals surface area contributed by atoms with E-state index < -0.39 is 17.7 Å². The van der Waals surface area contributed by atoms with Gasteiger partial charge in [-0.2, -0.15) is 5.10 Å². The number of carbonyl (C=O) groups is 3. The first-order chi connectivity index (χ1) is 18.2. The lowest BCUT2D eigenvalue weighted by Crippen LogP contribution is -2.32. The Kier molecular flexibility index (Phi) is 10.3. The van der Waals surface area contributed by atoms with Gasteiger partial charge in [0, 0.05) is 21.4 Å². The molecule has 0 saturated heterocycles. The highest BCUT2D eigenvalue weighted by atomic mass is 79.9. The lowest BCUT2D eigenvalue weighted by atomic mass is 10.2. The zero-order valence-electron chi connectivity index (χ0n) is 20.0. The van der Waals surface area contributed by atoms with Crippen molar-refractivity contribution in [2.45, 2.75) is 0 Å². The van der Waals surface area contributed by atoms with E-state index in [1.807, 2.05) is 0 Å². The van der Waals surface area contributed by atoms with Crippen LogP contribution in [0.4, 0.5) is 11.4 Å². The summed E-state index contributed by atoms with van der Waals surface area (Å²) in [5, 5.41) is 9.65. The summed E-state index contributed by atoms with van der Waals surface area (Å²) in [4.78, 5) is 36.4. The summed E-state index contributed by atoms with van der Waals surface area (Å²) in [5.41, 5.74) is 3.51. The average Bonchev–Trinajstić information content (AvgIpc) is 2.87. The van der Waals surface area contributed by atoms with Gasteiger partial charge in [0.1, 0.15) is 5.75 Å². The maximum atomic E-state index is 12.3. The number of anilines is 2. The molecule has 0 aliphatic carbocycles. The van der Waals surface area contributed by atoms with E-state index in [1.165, 1.54) is 20.4 Å². The molecular formula is C25H21BrCl2N4O6. The molecular weight excluding hydrogens is 603 g/mol. The first kappa shape index (κ1) is 28.8. The van der Waals surface area contributed by atoms with Crippen molar-refractivity contribution in [1.29, 1.82) is 0 Å². The van der Waals surface area contributed by atoms with Crippen molar-refractivity contribution in [2.24, 2.45) is 5.10 Å². The van der Waals surface area contributed by atoms with Crippen molar-refractivity contribution in [2.75, 3.05) is 31.5 Å². The van der Waals surface area contributed by atoms with Crippen LogP contribution in [0.3, 0.4) is 0 Å². The number of hydrogen-bond acceptors (Lipinski definition) is 7. The molecule has 0 fully saturated rings. The number of hydrogen-bond donors (Lipinski definition) is 3. The van der Waals surface area contributed by atoms with Crippen molar-refractivity contribution < 1.29 is 28.6 Å². The molecule has 0 radical (unpaired) electrons. The van der Waals surface area contributed by atoms with Crippen molar-refractivity contribution in [1.82, 2.24) is 5.43 Å². The second kappa shape index (κ2) is 13.7. The summed E-state index contributed by atoms with van der Waals surface area (Å²) < 4.78 is 16.5. The molecule has 0 atom stereocenters. The number of rotatable bonds is 9. The molecule has 38 heavy (non-hydrogen) atoms. The maximum Gasteiger partial charge on any atom is 0.329 e. The summed E-state index contributed by atoms with van der Waals surface area (Å²) in [6.07, 6.45) is 1.31. The van der Waals surface area contributed by atoms with Gasteiger partial charge in [-0.3, -0.25) is 14.4 Å². The molecule has 3 N–H and O–H groups in total. The Balaban J connectivity index is 1.57. The van der Waals surface area contributed by atoms with E-state index in [9.17, 15) is 14.4 Å². The van der Waals surface area contributed by atoms with E-state index >= 15 is 0 Å². The molecule has 0 aromatic heterocycles. The molecule has 0 heterocycles. The van der Waals surface area contributed by atoms with Crippen LogP contribution in [0.2, 0.25) is 10.0 Å². The van der Waals surface area contributed by atoms with Crippen molar-refractivity contribution in [3.05, 3.63) is 74.7 Å². The van der Waals surface area contributed by atoms with Crippen LogP contribution in [0.5, 0.6) is 17.2 Å². The minimum atomic E-state index is -0.963. The zero-order chi connectivity index (χ0) is 27.7. The van der Waals surface area contributed by atoms with Gasteiger partial charge >= 0.3 is 11.8 Å². The van der Waals surface area contributed by atoms with Gasteiger partial charge in [-0.25, -0.2) is 5.43 Å². The highest BCUT2D eigenvalue weighted by Gasteiger charge is 2.15. The van der Waals surface area contributed by atoms with Crippen LogP contribution >= 0.6 is 39.1 Å². The van der Waals surface area contributed by atoms with E-state index in [2.05, 4.69) is 37.1 Å². The molecule has 10 nitrogen and oxygen atoms in total. The topological polar surface area (TPSA) is 127 Å². The molecule has 3 rings (SSSR count). The number of ether oxygens (including phenoxy) is 3. The maximum absolute atomic E-state index is 12.3. The highest BCUT2D eigenvalue weighted by molar-refractivity contribution is 9.10. The van der Waals surface area contributed by atoms with Gasteiger partial charge in [-0.1, -0.05) is 23.2 Å². The Morgan fingerprint density at radius 3 is 2.21 bits per heavy atom. The van der Waals surface area contributed by atoms with Crippen LogP contribution in [-0.4, -0.2) is 44.8 Å². The van der Waals surface area contributed by atoms with Gasteiger partial charge in [0.2, 0.25) is 0 Å². The number of methoxy groups -OCH3 is 2. The highest BCUT2D eigenvalue weighted by Crippen LogP contribution is 2.36. The molecule has 13 heteroatoms. The quantitative estimate of drug-likeness (QED) is 0.177. The third-order valence-corrected chi connectivity index (χ3v) is 5.70. The van der Waals surface area contributed by atoms with Gasteiger partial charge in [0.25, 0.3) is 5.91 Å². The number of benzene rings is 3. The Morgan fingerprint density at radius 2 is 1.58 bits per heavy atom. The number of halogens is 3. The largest absolute Gasteiger partial charge is 0.497 e. The molecule has 0 aliphatic rings. The van der Waals surface area contributed by atoms with Crippen LogP contribution in [0.15, 0.2) is 64.2 Å². The molecule has 3 aromatic rings. The van der Waals surface area contributed by atoms with Gasteiger partial charge in [0.05, 0.1) is 24.9 Å². The summed E-state index contributed by atoms with van der Waals surface area (Å²) >= 11 is 15.3. The number of nitrogens with one attached hydrogen (secondary N) is 3. The second-order valence-corrected chi connectivity index (χ2v) is 9.14. The van der Waals surface area contributed by atoms with E-state index in [-0.39, 0.29) is 12.4 Å². The van der Waals surface area contributed by atoms with E-state index in [0.29, 0.717) is 43.0 Å². The molecule has 0 unspecified atom stereocenters. The first-order valence-corrected chi connectivity index (χ1v) is 12.3. The van der Waals surface area contributed by atoms with Gasteiger partial charge in [-0.05, 0) is 76.1 Å². The van der Waals surface area contributed by atoms with Crippen LogP contribution < -0.4 is 30.3 Å². The number of amides is 3. The molecule has 0 aliphatic heterocycles. The summed E-state index contributed by atoms with van der Waals surface area (Å²) in [6, 6.07) is 14.3. The third-order valence-electron chi connectivity index (χ3n) is 4.68. The van der Waals surface area contributed by atoms with Crippen LogP contribution in [-0.2, 0) is 14.4 Å². The van der Waals surface area contributed by atoms with Crippen molar-refractivity contribution >= 4 is 74.4 Å². The van der Waals surface area contributed by atoms with Gasteiger partial charge in [-0.15, -0.1) is 0 Å². The van der Waals surface area contributed by atoms with Crippen molar-refractivity contribution in [3.63, 3.8) is 0 Å². The Bertz CT molecular complexity index is 1350. The predicted molar refractivity (Wildman–Crippen MR) is 149 cm³/mol. The van der Waals surface area contributed by atoms with E-state index in [4.69, 9.17) is 37.4 Å². The fourth-order valence-electron chi connectivity index (χ4n) is 2.99. The molecule has 0 saturated carbocycles. The van der Waals surface area contributed by atoms with Crippen molar-refractivity contribution in [3.8, 4) is 17.2 Å². The Morgan fingerprint density at radius 1 is 0.895 bits per heavy atom. The first-order valence-electron chi connectivity index (χ1n) is 10.7. The molecule has 3 amide bonds. The number of carbonyl (C=O) groups excluding carboxylic acids is 3. The second-order valence-electron chi connectivity index (χ2n) is 7.41. The smallest absolute Gasteiger partial charge is 0.329 e. The Hall–Kier alpha value is -3.80. The van der Waals surface area contributed by atoms with Gasteiger partial charge < -0.3 is 24.8 Å². The minimum Gasteiger partial charge on any atom is -0.497 e. The Labute approximate surface area is 236 Å². The normalized spacial score (nSPS) is 10.6. The summed E-state index contributed by atoms with van der Waals surface area (Å²) in [6.45, 7) is -0.327. The van der Waals surface area contributed by atoms with E-state index in [1.54, 1.807) is 54.6 Å². The predicted octanol–water partition coefficient (Wildman–Crippen LogP) is 4.88. The van der Waals surface area contributed by atoms with Crippen LogP contribution in [0.1, 0.15) is 5.56 Å². The lowest BCUT2D eigenvalue weighted by Gasteiger charge is -2.13. The van der Waals surface area contributed by atoms with E-state index in [0.717, 1.165) is 0 Å². The third kappa shape index (κ3) is 8.37. The fraction of sp³-hybridized carbons (Fsp3) is 0.120. The SMILES string of the molecule is COc1ccc(NC(=O)C(=O)N/N=C\c2cc(Br)c(OCC(=O)Nc3cc(Cl)cc(Cl)c3)c(OC)c2)cc1. The molecule has 3 aromatic carbocycles. The minimum absolute atomic E-state index is 0.270. The fourth-order valence-corrected chi connectivity index (χ4v) is 4.09. The molecule has 198 valence electrons. The summed E-state index contributed by atoms with van der Waals surface area (Å²) in [5.74, 6) is -1.13. The number of nitrogens with zero attached hydrogens (tertiary/aromatic N) is 1. The number of hydrazone groups is 1.